The van der Waals surface area contributed by atoms with Crippen molar-refractivity contribution < 1.29 is 27.5 Å². The van der Waals surface area contributed by atoms with Gasteiger partial charge >= 0.3 is 5.97 Å². The second-order valence-electron chi connectivity index (χ2n) is 6.40. The fraction of sp³-hybridized carbons (Fsp3) is 0.250. The van der Waals surface area contributed by atoms with Gasteiger partial charge in [-0.1, -0.05) is 24.3 Å². The summed E-state index contributed by atoms with van der Waals surface area (Å²) in [6.07, 6.45) is -1.14. The minimum atomic E-state index is -3.63. The molecule has 2 aromatic carbocycles. The van der Waals surface area contributed by atoms with Crippen molar-refractivity contribution in [2.24, 2.45) is 4.99 Å². The average Bonchev–Trinajstić information content (AvgIpc) is 2.99. The van der Waals surface area contributed by atoms with E-state index >= 15 is 0 Å². The number of aliphatic imine (C=N–C) groups is 1. The first-order valence-electron chi connectivity index (χ1n) is 9.12. The van der Waals surface area contributed by atoms with Crippen molar-refractivity contribution in [3.63, 3.8) is 0 Å². The molecule has 1 atom stereocenters. The van der Waals surface area contributed by atoms with Crippen LogP contribution in [0.2, 0.25) is 0 Å². The van der Waals surface area contributed by atoms with Crippen molar-refractivity contribution in [2.45, 2.75) is 24.3 Å². The van der Waals surface area contributed by atoms with E-state index in [-0.39, 0.29) is 23.7 Å². The standard InChI is InChI=1S/C20H21N3O6S/c1-13(20(25)22-15-8-4-5-9-16(15)28-2)29-18(24)11-12-21-19-14-7-3-6-10-17(14)30(26,27)23-19/h3-10,13H,11-12H2,1-2H3,(H,21,23)(H,22,25). The molecule has 0 radical (unpaired) electrons. The number of anilines is 1. The van der Waals surface area contributed by atoms with Gasteiger partial charge in [0, 0.05) is 5.56 Å². The summed E-state index contributed by atoms with van der Waals surface area (Å²) in [6.45, 7) is 1.46. The van der Waals surface area contributed by atoms with Gasteiger partial charge in [-0.05, 0) is 31.2 Å². The first-order chi connectivity index (χ1) is 14.3. The van der Waals surface area contributed by atoms with E-state index < -0.39 is 28.0 Å². The zero-order chi connectivity index (χ0) is 21.7. The van der Waals surface area contributed by atoms with Crippen LogP contribution < -0.4 is 14.8 Å². The molecule has 2 aromatic rings. The molecule has 0 saturated carbocycles. The van der Waals surface area contributed by atoms with Crippen molar-refractivity contribution in [2.75, 3.05) is 19.0 Å². The van der Waals surface area contributed by atoms with Crippen LogP contribution in [-0.2, 0) is 24.3 Å². The predicted molar refractivity (Wildman–Crippen MR) is 110 cm³/mol. The number of nitrogens with zero attached hydrogens (tertiary/aromatic N) is 1. The number of rotatable bonds is 7. The number of carbonyl (C=O) groups excluding carboxylic acids is 2. The van der Waals surface area contributed by atoms with Crippen LogP contribution in [0.4, 0.5) is 5.69 Å². The Hall–Kier alpha value is -3.40. The lowest BCUT2D eigenvalue weighted by Gasteiger charge is -2.15. The monoisotopic (exact) mass is 431 g/mol. The average molecular weight is 431 g/mol. The fourth-order valence-electron chi connectivity index (χ4n) is 2.80. The third kappa shape index (κ3) is 4.77. The number of esters is 1. The van der Waals surface area contributed by atoms with E-state index in [0.717, 1.165) is 0 Å². The van der Waals surface area contributed by atoms with Crippen LogP contribution in [0.5, 0.6) is 5.75 Å². The maximum Gasteiger partial charge on any atom is 0.308 e. The molecule has 0 bridgehead atoms. The third-order valence-electron chi connectivity index (χ3n) is 4.29. The van der Waals surface area contributed by atoms with Crippen LogP contribution in [0.15, 0.2) is 58.4 Å². The zero-order valence-corrected chi connectivity index (χ0v) is 17.2. The Morgan fingerprint density at radius 2 is 1.83 bits per heavy atom. The van der Waals surface area contributed by atoms with Crippen LogP contribution in [0, 0.1) is 0 Å². The molecule has 9 nitrogen and oxygen atoms in total. The highest BCUT2D eigenvalue weighted by Crippen LogP contribution is 2.23. The van der Waals surface area contributed by atoms with Gasteiger partial charge in [0.15, 0.2) is 6.10 Å². The van der Waals surface area contributed by atoms with Gasteiger partial charge in [0.05, 0.1) is 30.7 Å². The third-order valence-corrected chi connectivity index (χ3v) is 5.69. The van der Waals surface area contributed by atoms with E-state index in [0.29, 0.717) is 17.0 Å². The highest BCUT2D eigenvalue weighted by molar-refractivity contribution is 7.90. The maximum absolute atomic E-state index is 12.3. The first kappa shape index (κ1) is 21.3. The van der Waals surface area contributed by atoms with Gasteiger partial charge in [-0.3, -0.25) is 19.3 Å². The Balaban J connectivity index is 1.54. The number of sulfonamides is 1. The Bertz CT molecular complexity index is 1100. The number of hydrogen-bond donors (Lipinski definition) is 2. The number of carbonyl (C=O) groups is 2. The molecule has 0 aromatic heterocycles. The number of benzene rings is 2. The summed E-state index contributed by atoms with van der Waals surface area (Å²) >= 11 is 0. The van der Waals surface area contributed by atoms with Gasteiger partial charge in [0.1, 0.15) is 11.6 Å². The van der Waals surface area contributed by atoms with Gasteiger partial charge in [-0.25, -0.2) is 8.42 Å². The van der Waals surface area contributed by atoms with E-state index in [1.165, 1.54) is 20.1 Å². The minimum Gasteiger partial charge on any atom is -0.495 e. The molecule has 30 heavy (non-hydrogen) atoms. The first-order valence-corrected chi connectivity index (χ1v) is 10.6. The van der Waals surface area contributed by atoms with Crippen LogP contribution in [0.3, 0.4) is 0 Å². The lowest BCUT2D eigenvalue weighted by molar-refractivity contribution is -0.152. The molecule has 2 N–H and O–H groups in total. The smallest absolute Gasteiger partial charge is 0.308 e. The second kappa shape index (κ2) is 8.95. The largest absolute Gasteiger partial charge is 0.495 e. The van der Waals surface area contributed by atoms with E-state index in [1.807, 2.05) is 0 Å². The number of ether oxygens (including phenoxy) is 2. The summed E-state index contributed by atoms with van der Waals surface area (Å²) in [4.78, 5) is 28.6. The summed E-state index contributed by atoms with van der Waals surface area (Å²) in [6, 6.07) is 13.3. The quantitative estimate of drug-likeness (QED) is 0.643. The Labute approximate surface area is 174 Å². The second-order valence-corrected chi connectivity index (χ2v) is 8.05. The van der Waals surface area contributed by atoms with Crippen LogP contribution >= 0.6 is 0 Å². The van der Waals surface area contributed by atoms with Gasteiger partial charge in [-0.15, -0.1) is 0 Å². The number of fused-ring (bicyclic) bond motifs is 1. The van der Waals surface area contributed by atoms with Crippen molar-refractivity contribution in [1.82, 2.24) is 4.72 Å². The maximum atomic E-state index is 12.3. The number of para-hydroxylation sites is 2. The van der Waals surface area contributed by atoms with Gasteiger partial charge in [0.2, 0.25) is 0 Å². The van der Waals surface area contributed by atoms with Crippen LogP contribution in [0.1, 0.15) is 18.9 Å². The molecule has 3 rings (SSSR count). The molecule has 1 amide bonds. The van der Waals surface area contributed by atoms with Crippen molar-refractivity contribution >= 4 is 33.4 Å². The Morgan fingerprint density at radius 1 is 1.13 bits per heavy atom. The highest BCUT2D eigenvalue weighted by atomic mass is 32.2. The molecular formula is C20H21N3O6S. The molecule has 1 heterocycles. The summed E-state index contributed by atoms with van der Waals surface area (Å²) in [5, 5.41) is 2.64. The van der Waals surface area contributed by atoms with Crippen molar-refractivity contribution in [1.29, 1.82) is 0 Å². The summed E-state index contributed by atoms with van der Waals surface area (Å²) < 4.78 is 36.7. The summed E-state index contributed by atoms with van der Waals surface area (Å²) in [7, 11) is -2.15. The molecule has 1 aliphatic heterocycles. The van der Waals surface area contributed by atoms with E-state index in [9.17, 15) is 18.0 Å². The van der Waals surface area contributed by atoms with E-state index in [1.54, 1.807) is 42.5 Å². The number of amidine groups is 1. The zero-order valence-electron chi connectivity index (χ0n) is 16.4. The topological polar surface area (TPSA) is 123 Å². The molecule has 0 fully saturated rings. The van der Waals surface area contributed by atoms with Gasteiger partial charge in [0.25, 0.3) is 15.9 Å². The number of nitrogens with one attached hydrogen (secondary N) is 2. The Morgan fingerprint density at radius 3 is 2.60 bits per heavy atom. The minimum absolute atomic E-state index is 0.00582. The molecular weight excluding hydrogens is 410 g/mol. The fourth-order valence-corrected chi connectivity index (χ4v) is 4.05. The molecule has 1 aliphatic rings. The van der Waals surface area contributed by atoms with Crippen LogP contribution in [0.25, 0.3) is 0 Å². The van der Waals surface area contributed by atoms with Gasteiger partial charge in [-0.2, -0.15) is 0 Å². The predicted octanol–water partition coefficient (Wildman–Crippen LogP) is 1.69. The number of hydrogen-bond acceptors (Lipinski definition) is 7. The molecule has 0 spiro atoms. The lowest BCUT2D eigenvalue weighted by atomic mass is 10.2. The van der Waals surface area contributed by atoms with Crippen molar-refractivity contribution in [3.05, 3.63) is 54.1 Å². The normalized spacial score (nSPS) is 16.3. The van der Waals surface area contributed by atoms with E-state index in [2.05, 4.69) is 15.0 Å². The van der Waals surface area contributed by atoms with Crippen molar-refractivity contribution in [3.8, 4) is 5.75 Å². The lowest BCUT2D eigenvalue weighted by Crippen LogP contribution is -2.30. The SMILES string of the molecule is COc1ccccc1NC(=O)C(C)OC(=O)CCN=C1NS(=O)(=O)c2ccccc21. The summed E-state index contributed by atoms with van der Waals surface area (Å²) in [5.74, 6) is -0.465. The molecule has 0 saturated heterocycles. The van der Waals surface area contributed by atoms with Gasteiger partial charge < -0.3 is 14.8 Å². The highest BCUT2D eigenvalue weighted by Gasteiger charge is 2.30. The molecule has 0 aliphatic carbocycles. The molecule has 1 unspecified atom stereocenters. The summed E-state index contributed by atoms with van der Waals surface area (Å²) in [5.41, 5.74) is 0.918. The van der Waals surface area contributed by atoms with Crippen LogP contribution in [-0.4, -0.2) is 45.9 Å². The Kier molecular flexibility index (Phi) is 6.36. The molecule has 10 heteroatoms. The van der Waals surface area contributed by atoms with E-state index in [4.69, 9.17) is 9.47 Å². The number of methoxy groups -OCH3 is 1. The number of amides is 1. The molecule has 158 valence electrons.